The molecular formula is C56H92N8O14S. The lowest BCUT2D eigenvalue weighted by Crippen LogP contribution is -2.59. The summed E-state index contributed by atoms with van der Waals surface area (Å²) in [6.45, 7) is 14.8. The Kier molecular flexibility index (Phi) is 25.9. The van der Waals surface area contributed by atoms with Crippen LogP contribution in [0.15, 0.2) is 24.3 Å². The predicted octanol–water partition coefficient (Wildman–Crippen LogP) is 3.94. The van der Waals surface area contributed by atoms with Gasteiger partial charge in [-0.3, -0.25) is 43.2 Å². The minimum absolute atomic E-state index is 0.00450. The summed E-state index contributed by atoms with van der Waals surface area (Å²) in [5.41, 5.74) is 0.519. The van der Waals surface area contributed by atoms with Gasteiger partial charge in [0.05, 0.1) is 53.8 Å². The Morgan fingerprint density at radius 3 is 1.96 bits per heavy atom. The second-order valence-corrected chi connectivity index (χ2v) is 24.7. The Bertz CT molecular complexity index is 2320. The van der Waals surface area contributed by atoms with E-state index < -0.39 is 93.4 Å². The summed E-state index contributed by atoms with van der Waals surface area (Å²) < 4.78 is 45.6. The molecule has 9 atom stereocenters. The minimum atomic E-state index is -4.00. The maximum absolute atomic E-state index is 14.5. The largest absolute Gasteiger partial charge is 0.481 e. The Morgan fingerprint density at radius 2 is 1.42 bits per heavy atom. The first kappa shape index (κ1) is 66.1. The number of carboxylic acids is 1. The number of likely N-dealkylation sites (N-methyl/N-ethyl adjacent to an activating group) is 2. The number of amides is 7. The van der Waals surface area contributed by atoms with Crippen molar-refractivity contribution >= 4 is 57.5 Å². The van der Waals surface area contributed by atoms with Crippen molar-refractivity contribution in [2.75, 3.05) is 61.5 Å². The number of carbonyl (C=O) groups is 8. The van der Waals surface area contributed by atoms with Crippen molar-refractivity contribution < 1.29 is 66.1 Å². The Balaban J connectivity index is 1.39. The molecule has 2 saturated heterocycles. The molecule has 7 amide bonds. The molecule has 0 unspecified atom stereocenters. The molecule has 22 nitrogen and oxygen atoms in total. The van der Waals surface area contributed by atoms with Crippen molar-refractivity contribution in [2.45, 2.75) is 180 Å². The molecule has 446 valence electrons. The quantitative estimate of drug-likeness (QED) is 0.0659. The molecule has 3 fully saturated rings. The normalized spacial score (nSPS) is 19.2. The van der Waals surface area contributed by atoms with E-state index in [1.54, 1.807) is 40.8 Å². The van der Waals surface area contributed by atoms with E-state index in [-0.39, 0.29) is 60.0 Å². The Morgan fingerprint density at radius 1 is 0.772 bits per heavy atom. The lowest BCUT2D eigenvalue weighted by atomic mass is 9.89. The van der Waals surface area contributed by atoms with Crippen LogP contribution in [-0.2, 0) is 59.5 Å². The monoisotopic (exact) mass is 1130 g/mol. The first-order chi connectivity index (χ1) is 37.3. The molecule has 1 aromatic carbocycles. The Labute approximate surface area is 468 Å². The number of hydrogen-bond acceptors (Lipinski definition) is 14. The molecule has 4 rings (SSSR count). The summed E-state index contributed by atoms with van der Waals surface area (Å²) in [5, 5.41) is 17.0. The SMILES string of the molecule is CC[C@H](C)[C@@H]([C@@H](CC(=O)N1CCC[C@H]1[C@H](OC)[C@@H](C)C(=O)N[C@@H](Cc1ccc(OC(=O)NCCCCCC(=O)N2CCC(C(=O)O)CC2)cc1)C(=O)NS(=O)(=O)C1CC1)OC)N(C)C(=O)[C@@H](NC(=O)[C@H](C(C)C)N(C)C)C(C)C. The average molecular weight is 1130 g/mol. The lowest BCUT2D eigenvalue weighted by Gasteiger charge is -2.41. The molecule has 0 spiro atoms. The number of aliphatic carboxylic acids is 1. The van der Waals surface area contributed by atoms with Gasteiger partial charge >= 0.3 is 12.1 Å². The van der Waals surface area contributed by atoms with E-state index in [4.69, 9.17) is 14.2 Å². The number of nitrogens with one attached hydrogen (secondary N) is 4. The number of unbranched alkanes of at least 4 members (excludes halogenated alkanes) is 2. The number of sulfonamides is 1. The van der Waals surface area contributed by atoms with E-state index in [2.05, 4.69) is 20.7 Å². The van der Waals surface area contributed by atoms with Crippen LogP contribution in [0.1, 0.15) is 131 Å². The van der Waals surface area contributed by atoms with Gasteiger partial charge in [-0.05, 0) is 101 Å². The van der Waals surface area contributed by atoms with Crippen LogP contribution in [0, 0.1) is 29.6 Å². The third-order valence-corrected chi connectivity index (χ3v) is 17.7. The van der Waals surface area contributed by atoms with Crippen molar-refractivity contribution in [3.63, 3.8) is 0 Å². The fourth-order valence-electron chi connectivity index (χ4n) is 11.0. The molecular weight excluding hydrogens is 1040 g/mol. The molecule has 1 aromatic rings. The minimum Gasteiger partial charge on any atom is -0.481 e. The summed E-state index contributed by atoms with van der Waals surface area (Å²) in [7, 11) is 4.28. The number of nitrogens with zero attached hydrogens (tertiary/aromatic N) is 4. The second-order valence-electron chi connectivity index (χ2n) is 22.7. The third-order valence-electron chi connectivity index (χ3n) is 15.9. The van der Waals surface area contributed by atoms with Gasteiger partial charge < -0.3 is 50.0 Å². The molecule has 5 N–H and O–H groups in total. The first-order valence-electron chi connectivity index (χ1n) is 28.3. The van der Waals surface area contributed by atoms with Gasteiger partial charge in [0.2, 0.25) is 39.6 Å². The number of methoxy groups -OCH3 is 2. The van der Waals surface area contributed by atoms with Gasteiger partial charge in [-0.25, -0.2) is 13.2 Å². The number of carboxylic acid groups (broad SMARTS) is 1. The summed E-state index contributed by atoms with van der Waals surface area (Å²) in [6.07, 6.45) is 3.24. The number of carbonyl (C=O) groups excluding carboxylic acids is 7. The van der Waals surface area contributed by atoms with Crippen LogP contribution in [0.2, 0.25) is 0 Å². The van der Waals surface area contributed by atoms with Crippen LogP contribution in [0.25, 0.3) is 0 Å². The standard InChI is InChI=1S/C56H92N8O14S/c1-13-36(6)49(62(10)54(70)47(34(2)3)59-53(69)48(35(4)5)61(8)9)44(76-11)33-46(66)64-29-17-18-43(64)50(77-12)37(7)51(67)58-42(52(68)60-79(74,75)41-24-25-41)32-38-20-22-40(23-21-38)78-56(73)57-28-16-14-15-19-45(65)63-30-26-39(27-31-63)55(71)72/h20-23,34-37,39,41-44,47-50H,13-19,24-33H2,1-12H3,(H,57,73)(H,58,67)(H,59,69)(H,60,68)(H,71,72)/t36-,37+,42-,43-,44+,47-,48-,49-,50+/m0/s1. The molecule has 3 aliphatic rings. The number of likely N-dealkylation sites (tertiary alicyclic amines) is 2. The summed E-state index contributed by atoms with van der Waals surface area (Å²) >= 11 is 0. The van der Waals surface area contributed by atoms with Gasteiger partial charge in [-0.1, -0.05) is 73.4 Å². The smallest absolute Gasteiger partial charge is 0.412 e. The summed E-state index contributed by atoms with van der Waals surface area (Å²) in [5.74, 6) is -4.70. The maximum atomic E-state index is 14.5. The average Bonchev–Trinajstić information content (AvgIpc) is 4.18. The van der Waals surface area contributed by atoms with Crippen LogP contribution in [-0.4, -0.2) is 190 Å². The molecule has 79 heavy (non-hydrogen) atoms. The lowest BCUT2D eigenvalue weighted by molar-refractivity contribution is -0.148. The molecule has 0 radical (unpaired) electrons. The van der Waals surface area contributed by atoms with Gasteiger partial charge in [-0.15, -0.1) is 0 Å². The van der Waals surface area contributed by atoms with Gasteiger partial charge in [-0.2, -0.15) is 0 Å². The fourth-order valence-corrected chi connectivity index (χ4v) is 12.3. The molecule has 0 aromatic heterocycles. The van der Waals surface area contributed by atoms with Crippen molar-refractivity contribution in [3.8, 4) is 5.75 Å². The highest BCUT2D eigenvalue weighted by molar-refractivity contribution is 7.90. The first-order valence-corrected chi connectivity index (χ1v) is 29.8. The summed E-state index contributed by atoms with van der Waals surface area (Å²) in [6, 6.07) is 2.45. The van der Waals surface area contributed by atoms with E-state index in [1.165, 1.54) is 26.4 Å². The Hall–Kier alpha value is -5.39. The number of benzene rings is 1. The van der Waals surface area contributed by atoms with Crippen LogP contribution < -0.4 is 25.4 Å². The van der Waals surface area contributed by atoms with E-state index >= 15 is 0 Å². The van der Waals surface area contributed by atoms with E-state index in [1.807, 2.05) is 60.5 Å². The van der Waals surface area contributed by atoms with E-state index in [9.17, 15) is 51.9 Å². The van der Waals surface area contributed by atoms with Crippen molar-refractivity contribution in [3.05, 3.63) is 29.8 Å². The van der Waals surface area contributed by atoms with Crippen molar-refractivity contribution in [1.82, 2.24) is 40.3 Å². The van der Waals surface area contributed by atoms with E-state index in [0.29, 0.717) is 102 Å². The second kappa shape index (κ2) is 31.0. The van der Waals surface area contributed by atoms with Crippen molar-refractivity contribution in [2.24, 2.45) is 29.6 Å². The zero-order valence-corrected chi connectivity index (χ0v) is 49.6. The predicted molar refractivity (Wildman–Crippen MR) is 297 cm³/mol. The van der Waals surface area contributed by atoms with E-state index in [0.717, 1.165) is 0 Å². The van der Waals surface area contributed by atoms with Crippen LogP contribution >= 0.6 is 0 Å². The zero-order chi connectivity index (χ0) is 58.9. The zero-order valence-electron chi connectivity index (χ0n) is 48.8. The maximum Gasteiger partial charge on any atom is 0.412 e. The van der Waals surface area contributed by atoms with Gasteiger partial charge in [0.15, 0.2) is 0 Å². The van der Waals surface area contributed by atoms with Crippen LogP contribution in [0.4, 0.5) is 4.79 Å². The van der Waals surface area contributed by atoms with Crippen LogP contribution in [0.3, 0.4) is 0 Å². The topological polar surface area (TPSA) is 280 Å². The van der Waals surface area contributed by atoms with Crippen molar-refractivity contribution in [1.29, 1.82) is 0 Å². The van der Waals surface area contributed by atoms with Gasteiger partial charge in [0.25, 0.3) is 5.91 Å². The molecule has 0 bridgehead atoms. The molecule has 1 aliphatic carbocycles. The fraction of sp³-hybridized carbons (Fsp3) is 0.750. The highest BCUT2D eigenvalue weighted by atomic mass is 32.2. The van der Waals surface area contributed by atoms with Gasteiger partial charge in [0, 0.05) is 60.3 Å². The molecule has 23 heteroatoms. The molecule has 1 saturated carbocycles. The highest BCUT2D eigenvalue weighted by Crippen LogP contribution is 2.31. The molecule has 2 heterocycles. The number of ether oxygens (including phenoxy) is 3. The third kappa shape index (κ3) is 19.1. The number of rotatable bonds is 31. The van der Waals surface area contributed by atoms with Gasteiger partial charge in [0.1, 0.15) is 17.8 Å². The summed E-state index contributed by atoms with van der Waals surface area (Å²) in [4.78, 5) is 114. The number of piperidine rings is 1. The molecule has 2 aliphatic heterocycles. The number of hydrogen-bond donors (Lipinski definition) is 5. The highest BCUT2D eigenvalue weighted by Gasteiger charge is 2.44. The van der Waals surface area contributed by atoms with Crippen LogP contribution in [0.5, 0.6) is 5.75 Å².